The number of hydrogen-bond donors (Lipinski definition) is 1. The van der Waals surface area contributed by atoms with E-state index in [1.165, 1.54) is 0 Å². The van der Waals surface area contributed by atoms with Crippen molar-refractivity contribution >= 4 is 11.4 Å². The molecule has 0 saturated heterocycles. The van der Waals surface area contributed by atoms with Crippen molar-refractivity contribution in [1.29, 1.82) is 0 Å². The third kappa shape index (κ3) is 1.98. The Bertz CT molecular complexity index is 479. The first-order valence-electron chi connectivity index (χ1n) is 5.36. The summed E-state index contributed by atoms with van der Waals surface area (Å²) in [5.74, 6) is 0. The minimum atomic E-state index is 0.0989. The smallest absolute Gasteiger partial charge is 0.139 e. The van der Waals surface area contributed by atoms with E-state index in [9.17, 15) is 5.21 Å². The van der Waals surface area contributed by atoms with Gasteiger partial charge in [0.2, 0.25) is 0 Å². The van der Waals surface area contributed by atoms with Crippen molar-refractivity contribution in [2.75, 3.05) is 0 Å². The first-order chi connectivity index (χ1) is 7.70. The third-order valence-corrected chi connectivity index (χ3v) is 2.89. The molecule has 0 aromatic heterocycles. The van der Waals surface area contributed by atoms with Gasteiger partial charge in [-0.2, -0.15) is 0 Å². The lowest BCUT2D eigenvalue weighted by atomic mass is 10.1. The maximum Gasteiger partial charge on any atom is 0.139 e. The quantitative estimate of drug-likeness (QED) is 0.763. The Morgan fingerprint density at radius 1 is 0.875 bits per heavy atom. The normalized spacial score (nSPS) is 12.4. The Labute approximate surface area is 95.7 Å². The summed E-state index contributed by atoms with van der Waals surface area (Å²) in [6.45, 7) is 4.02. The molecule has 2 aromatic carbocycles. The average molecular weight is 213 g/mol. The van der Waals surface area contributed by atoms with Gasteiger partial charge in [-0.05, 0) is 31.5 Å². The monoisotopic (exact) mass is 213 g/mol. The van der Waals surface area contributed by atoms with Crippen molar-refractivity contribution in [3.05, 3.63) is 64.9 Å². The highest BCUT2D eigenvalue weighted by atomic mass is 16.5. The summed E-state index contributed by atoms with van der Waals surface area (Å²) in [4.78, 5) is 0. The maximum absolute atomic E-state index is 12.2. The zero-order valence-electron chi connectivity index (χ0n) is 9.53. The van der Waals surface area contributed by atoms with Gasteiger partial charge in [0.1, 0.15) is 11.4 Å². The van der Waals surface area contributed by atoms with Gasteiger partial charge in [-0.3, -0.25) is 0 Å². The number of hydrogen-bond acceptors (Lipinski definition) is 1. The van der Waals surface area contributed by atoms with Crippen LogP contribution in [0.1, 0.15) is 11.1 Å². The van der Waals surface area contributed by atoms with Crippen LogP contribution >= 0.6 is 0 Å². The number of nitrogens with one attached hydrogen (secondary N) is 1. The van der Waals surface area contributed by atoms with E-state index in [1.807, 2.05) is 62.4 Å². The van der Waals surface area contributed by atoms with E-state index >= 15 is 0 Å². The molecule has 1 atom stereocenters. The van der Waals surface area contributed by atoms with Crippen LogP contribution in [-0.2, 0) is 0 Å². The Hall–Kier alpha value is -1.64. The number of rotatable bonds is 2. The van der Waals surface area contributed by atoms with Crippen LogP contribution in [0.5, 0.6) is 0 Å². The zero-order chi connectivity index (χ0) is 11.5. The molecule has 0 radical (unpaired) electrons. The molecular weight excluding hydrogens is 198 g/mol. The molecule has 0 saturated carbocycles. The highest BCUT2D eigenvalue weighted by Gasteiger charge is 2.09. The molecule has 2 aromatic rings. The highest BCUT2D eigenvalue weighted by Crippen LogP contribution is 2.16. The Kier molecular flexibility index (Phi) is 3.04. The van der Waals surface area contributed by atoms with E-state index in [0.29, 0.717) is 0 Å². The lowest BCUT2D eigenvalue weighted by Crippen LogP contribution is -2.96. The Balaban J connectivity index is 2.42. The van der Waals surface area contributed by atoms with E-state index < -0.39 is 0 Å². The molecule has 82 valence electrons. The average Bonchev–Trinajstić information content (AvgIpc) is 2.33. The summed E-state index contributed by atoms with van der Waals surface area (Å²) in [5.41, 5.74) is 3.76. The number of para-hydroxylation sites is 1. The van der Waals surface area contributed by atoms with E-state index in [2.05, 4.69) is 0 Å². The first kappa shape index (κ1) is 10.9. The summed E-state index contributed by atoms with van der Waals surface area (Å²) < 4.78 is 0. The molecule has 16 heavy (non-hydrogen) atoms. The van der Waals surface area contributed by atoms with Gasteiger partial charge >= 0.3 is 0 Å². The molecule has 0 bridgehead atoms. The molecule has 2 nitrogen and oxygen atoms in total. The largest absolute Gasteiger partial charge is 0.623 e. The van der Waals surface area contributed by atoms with Gasteiger partial charge in [-0.1, -0.05) is 30.3 Å². The Morgan fingerprint density at radius 3 is 2.25 bits per heavy atom. The standard InChI is InChI=1S/C14H15NO/c1-11-7-6-10-14(12(11)2)15(16)13-8-4-3-5-9-13/h3-10,15H,1-2H3. The second kappa shape index (κ2) is 4.47. The zero-order valence-corrected chi connectivity index (χ0v) is 9.53. The van der Waals surface area contributed by atoms with Crippen LogP contribution in [0.25, 0.3) is 0 Å². The van der Waals surface area contributed by atoms with Crippen LogP contribution in [0, 0.1) is 19.1 Å². The van der Waals surface area contributed by atoms with Crippen molar-refractivity contribution in [2.24, 2.45) is 0 Å². The second-order valence-electron chi connectivity index (χ2n) is 3.94. The summed E-state index contributed by atoms with van der Waals surface area (Å²) in [5, 5.41) is 12.3. The van der Waals surface area contributed by atoms with Gasteiger partial charge in [-0.15, -0.1) is 0 Å². The molecule has 1 unspecified atom stereocenters. The van der Waals surface area contributed by atoms with E-state index in [-0.39, 0.29) is 5.06 Å². The number of aryl methyl sites for hydroxylation is 1. The highest BCUT2D eigenvalue weighted by molar-refractivity contribution is 5.46. The summed E-state index contributed by atoms with van der Waals surface area (Å²) >= 11 is 0. The lowest BCUT2D eigenvalue weighted by Gasteiger charge is -2.23. The fourth-order valence-corrected chi connectivity index (χ4v) is 1.74. The molecule has 1 N–H and O–H groups in total. The molecule has 0 heterocycles. The van der Waals surface area contributed by atoms with Crippen molar-refractivity contribution < 1.29 is 5.06 Å². The SMILES string of the molecule is Cc1cccc([NH+]([O-])c2ccccc2)c1C. The van der Waals surface area contributed by atoms with Crippen molar-refractivity contribution in [2.45, 2.75) is 13.8 Å². The van der Waals surface area contributed by atoms with Crippen LogP contribution in [-0.4, -0.2) is 0 Å². The molecule has 2 rings (SSSR count). The molecular formula is C14H15NO. The molecule has 0 aliphatic rings. The molecule has 0 aliphatic carbocycles. The van der Waals surface area contributed by atoms with Crippen molar-refractivity contribution in [3.8, 4) is 0 Å². The number of benzene rings is 2. The molecule has 0 aliphatic heterocycles. The maximum atomic E-state index is 12.2. The van der Waals surface area contributed by atoms with E-state index in [0.717, 1.165) is 22.5 Å². The lowest BCUT2D eigenvalue weighted by molar-refractivity contribution is -0.698. The fourth-order valence-electron chi connectivity index (χ4n) is 1.74. The van der Waals surface area contributed by atoms with Gasteiger partial charge in [0.05, 0.1) is 0 Å². The fraction of sp³-hybridized carbons (Fsp3) is 0.143. The predicted octanol–water partition coefficient (Wildman–Crippen LogP) is 2.65. The summed E-state index contributed by atoms with van der Waals surface area (Å²) in [6.07, 6.45) is 0. The van der Waals surface area contributed by atoms with Crippen LogP contribution in [0.4, 0.5) is 11.4 Å². The molecule has 0 fully saturated rings. The third-order valence-electron chi connectivity index (χ3n) is 2.89. The topological polar surface area (TPSA) is 27.5 Å². The van der Waals surface area contributed by atoms with Gasteiger partial charge in [0.15, 0.2) is 0 Å². The van der Waals surface area contributed by atoms with Crippen molar-refractivity contribution in [1.82, 2.24) is 0 Å². The molecule has 0 amide bonds. The summed E-state index contributed by atoms with van der Waals surface area (Å²) in [7, 11) is 0. The minimum absolute atomic E-state index is 0.0989. The van der Waals surface area contributed by atoms with Crippen LogP contribution < -0.4 is 5.06 Å². The molecule has 2 heteroatoms. The minimum Gasteiger partial charge on any atom is -0.623 e. The molecule has 0 spiro atoms. The number of quaternary nitrogens is 1. The first-order valence-corrected chi connectivity index (χ1v) is 5.36. The second-order valence-corrected chi connectivity index (χ2v) is 3.94. The summed E-state index contributed by atoms with van der Waals surface area (Å²) in [6, 6.07) is 15.2. The van der Waals surface area contributed by atoms with Crippen LogP contribution in [0.3, 0.4) is 0 Å². The van der Waals surface area contributed by atoms with Gasteiger partial charge in [-0.25, -0.2) is 0 Å². The van der Waals surface area contributed by atoms with Crippen molar-refractivity contribution in [3.63, 3.8) is 0 Å². The van der Waals surface area contributed by atoms with E-state index in [1.54, 1.807) is 0 Å². The van der Waals surface area contributed by atoms with Gasteiger partial charge < -0.3 is 10.3 Å². The predicted molar refractivity (Wildman–Crippen MR) is 66.0 cm³/mol. The van der Waals surface area contributed by atoms with E-state index in [4.69, 9.17) is 0 Å². The van der Waals surface area contributed by atoms with Gasteiger partial charge in [0.25, 0.3) is 0 Å². The van der Waals surface area contributed by atoms with Gasteiger partial charge in [0, 0.05) is 11.6 Å². The van der Waals surface area contributed by atoms with Crippen LogP contribution in [0.15, 0.2) is 48.5 Å². The Morgan fingerprint density at radius 2 is 1.56 bits per heavy atom. The van der Waals surface area contributed by atoms with Crippen LogP contribution in [0.2, 0.25) is 0 Å².